The summed E-state index contributed by atoms with van der Waals surface area (Å²) in [4.78, 5) is 11.9. The quantitative estimate of drug-likeness (QED) is 0.344. The first-order valence-electron chi connectivity index (χ1n) is 6.21. The summed E-state index contributed by atoms with van der Waals surface area (Å²) in [5, 5.41) is 14.3. The Bertz CT molecular complexity index is 652. The third kappa shape index (κ3) is 4.32. The molecule has 2 rings (SSSR count). The number of nitrogens with zero attached hydrogens (tertiary/aromatic N) is 1. The largest absolute Gasteiger partial charge is 0.409 e. The van der Waals surface area contributed by atoms with Crippen LogP contribution >= 0.6 is 15.9 Å². The van der Waals surface area contributed by atoms with Crippen LogP contribution in [0.5, 0.6) is 0 Å². The SMILES string of the molecule is NC(=NO)c1ccc(CC(=O)Nc2ccc(Br)cc2)cc1. The number of carbonyl (C=O) groups excluding carboxylic acids is 1. The number of hydrogen-bond acceptors (Lipinski definition) is 3. The van der Waals surface area contributed by atoms with E-state index < -0.39 is 0 Å². The van der Waals surface area contributed by atoms with Gasteiger partial charge in [0, 0.05) is 15.7 Å². The first kappa shape index (κ1) is 15.1. The number of rotatable bonds is 4. The minimum Gasteiger partial charge on any atom is -0.409 e. The second-order valence-corrected chi connectivity index (χ2v) is 5.33. The van der Waals surface area contributed by atoms with Gasteiger partial charge in [-0.3, -0.25) is 4.79 Å². The van der Waals surface area contributed by atoms with Crippen LogP contribution in [-0.2, 0) is 11.2 Å². The van der Waals surface area contributed by atoms with Crippen molar-refractivity contribution in [2.45, 2.75) is 6.42 Å². The van der Waals surface area contributed by atoms with Crippen LogP contribution in [0.2, 0.25) is 0 Å². The average molecular weight is 348 g/mol. The van der Waals surface area contributed by atoms with Crippen molar-refractivity contribution < 1.29 is 10.0 Å². The van der Waals surface area contributed by atoms with Gasteiger partial charge in [-0.1, -0.05) is 45.4 Å². The zero-order valence-corrected chi connectivity index (χ0v) is 12.7. The highest BCUT2D eigenvalue weighted by atomic mass is 79.9. The summed E-state index contributed by atoms with van der Waals surface area (Å²) in [5.74, 6) is -0.0604. The smallest absolute Gasteiger partial charge is 0.228 e. The Morgan fingerprint density at radius 1 is 1.14 bits per heavy atom. The number of amidine groups is 1. The summed E-state index contributed by atoms with van der Waals surface area (Å²) in [6.45, 7) is 0. The fourth-order valence-corrected chi connectivity index (χ4v) is 2.04. The minimum absolute atomic E-state index is 0.0425. The third-order valence-electron chi connectivity index (χ3n) is 2.85. The molecule has 0 fully saturated rings. The Morgan fingerprint density at radius 2 is 1.76 bits per heavy atom. The molecule has 0 heterocycles. The van der Waals surface area contributed by atoms with Crippen molar-refractivity contribution in [3.05, 3.63) is 64.1 Å². The molecule has 0 radical (unpaired) electrons. The monoisotopic (exact) mass is 347 g/mol. The van der Waals surface area contributed by atoms with E-state index in [0.29, 0.717) is 5.56 Å². The molecular formula is C15H14BrN3O2. The topological polar surface area (TPSA) is 87.7 Å². The lowest BCUT2D eigenvalue weighted by atomic mass is 10.1. The number of hydrogen-bond donors (Lipinski definition) is 3. The number of amides is 1. The number of halogens is 1. The minimum atomic E-state index is -0.103. The molecule has 2 aromatic rings. The Labute approximate surface area is 130 Å². The number of oxime groups is 1. The average Bonchev–Trinajstić information content (AvgIpc) is 2.49. The molecular weight excluding hydrogens is 334 g/mol. The molecule has 0 aromatic heterocycles. The summed E-state index contributed by atoms with van der Waals surface area (Å²) in [6.07, 6.45) is 0.256. The Kier molecular flexibility index (Phi) is 4.94. The van der Waals surface area contributed by atoms with Gasteiger partial charge in [0.1, 0.15) is 0 Å². The van der Waals surface area contributed by atoms with Crippen molar-refractivity contribution in [3.63, 3.8) is 0 Å². The van der Waals surface area contributed by atoms with Gasteiger partial charge in [0.2, 0.25) is 5.91 Å². The fourth-order valence-electron chi connectivity index (χ4n) is 1.77. The molecule has 108 valence electrons. The molecule has 0 saturated carbocycles. The highest BCUT2D eigenvalue weighted by Gasteiger charge is 2.05. The van der Waals surface area contributed by atoms with Crippen LogP contribution in [0, 0.1) is 0 Å². The lowest BCUT2D eigenvalue weighted by Crippen LogP contribution is -2.15. The Hall–Kier alpha value is -2.34. The molecule has 0 unspecified atom stereocenters. The van der Waals surface area contributed by atoms with Crippen molar-refractivity contribution in [2.75, 3.05) is 5.32 Å². The zero-order valence-electron chi connectivity index (χ0n) is 11.1. The summed E-state index contributed by atoms with van der Waals surface area (Å²) in [5.41, 5.74) is 7.68. The van der Waals surface area contributed by atoms with E-state index in [1.165, 1.54) is 0 Å². The van der Waals surface area contributed by atoms with Crippen LogP contribution in [0.25, 0.3) is 0 Å². The van der Waals surface area contributed by atoms with E-state index >= 15 is 0 Å². The summed E-state index contributed by atoms with van der Waals surface area (Å²) in [6, 6.07) is 14.3. The van der Waals surface area contributed by atoms with E-state index in [1.54, 1.807) is 24.3 Å². The Morgan fingerprint density at radius 3 is 2.33 bits per heavy atom. The Balaban J connectivity index is 1.98. The first-order valence-corrected chi connectivity index (χ1v) is 7.00. The summed E-state index contributed by atoms with van der Waals surface area (Å²) >= 11 is 3.34. The maximum absolute atomic E-state index is 11.9. The highest BCUT2D eigenvalue weighted by molar-refractivity contribution is 9.10. The van der Waals surface area contributed by atoms with Gasteiger partial charge in [-0.25, -0.2) is 0 Å². The molecule has 0 spiro atoms. The third-order valence-corrected chi connectivity index (χ3v) is 3.38. The first-order chi connectivity index (χ1) is 10.1. The number of nitrogens with two attached hydrogens (primary N) is 1. The maximum atomic E-state index is 11.9. The molecule has 2 aromatic carbocycles. The number of nitrogens with one attached hydrogen (secondary N) is 1. The van der Waals surface area contributed by atoms with Gasteiger partial charge in [-0.2, -0.15) is 0 Å². The molecule has 0 aliphatic heterocycles. The molecule has 6 heteroatoms. The van der Waals surface area contributed by atoms with Crippen LogP contribution in [0.3, 0.4) is 0 Å². The van der Waals surface area contributed by atoms with Crippen LogP contribution < -0.4 is 11.1 Å². The van der Waals surface area contributed by atoms with E-state index in [9.17, 15) is 4.79 Å². The molecule has 0 atom stereocenters. The number of benzene rings is 2. The van der Waals surface area contributed by atoms with E-state index in [0.717, 1.165) is 15.7 Å². The van der Waals surface area contributed by atoms with Crippen molar-refractivity contribution in [3.8, 4) is 0 Å². The lowest BCUT2D eigenvalue weighted by Gasteiger charge is -2.06. The van der Waals surface area contributed by atoms with Gasteiger partial charge < -0.3 is 16.3 Å². The maximum Gasteiger partial charge on any atom is 0.228 e. The van der Waals surface area contributed by atoms with E-state index in [4.69, 9.17) is 10.9 Å². The van der Waals surface area contributed by atoms with Crippen LogP contribution in [0.4, 0.5) is 5.69 Å². The lowest BCUT2D eigenvalue weighted by molar-refractivity contribution is -0.115. The van der Waals surface area contributed by atoms with E-state index in [-0.39, 0.29) is 18.2 Å². The summed E-state index contributed by atoms with van der Waals surface area (Å²) in [7, 11) is 0. The second kappa shape index (κ2) is 6.90. The molecule has 1 amide bonds. The van der Waals surface area contributed by atoms with Crippen molar-refractivity contribution >= 4 is 33.4 Å². The second-order valence-electron chi connectivity index (χ2n) is 4.41. The van der Waals surface area contributed by atoms with Gasteiger partial charge in [-0.05, 0) is 29.8 Å². The molecule has 0 aliphatic rings. The van der Waals surface area contributed by atoms with Gasteiger partial charge >= 0.3 is 0 Å². The van der Waals surface area contributed by atoms with Crippen LogP contribution in [-0.4, -0.2) is 17.0 Å². The van der Waals surface area contributed by atoms with Crippen molar-refractivity contribution in [1.82, 2.24) is 0 Å². The van der Waals surface area contributed by atoms with Crippen molar-refractivity contribution in [1.29, 1.82) is 0 Å². The summed E-state index contributed by atoms with van der Waals surface area (Å²) < 4.78 is 0.958. The zero-order chi connectivity index (χ0) is 15.2. The molecule has 4 N–H and O–H groups in total. The predicted molar refractivity (Wildman–Crippen MR) is 85.4 cm³/mol. The highest BCUT2D eigenvalue weighted by Crippen LogP contribution is 2.14. The number of anilines is 1. The van der Waals surface area contributed by atoms with Gasteiger partial charge in [0.15, 0.2) is 5.84 Å². The van der Waals surface area contributed by atoms with E-state index in [2.05, 4.69) is 26.4 Å². The molecule has 5 nitrogen and oxygen atoms in total. The van der Waals surface area contributed by atoms with Crippen LogP contribution in [0.15, 0.2) is 58.2 Å². The van der Waals surface area contributed by atoms with Gasteiger partial charge in [0.05, 0.1) is 6.42 Å². The normalized spacial score (nSPS) is 11.2. The van der Waals surface area contributed by atoms with Gasteiger partial charge in [0.25, 0.3) is 0 Å². The molecule has 0 bridgehead atoms. The molecule has 0 saturated heterocycles. The molecule has 0 aliphatic carbocycles. The van der Waals surface area contributed by atoms with Crippen LogP contribution in [0.1, 0.15) is 11.1 Å². The number of carbonyl (C=O) groups is 1. The predicted octanol–water partition coefficient (Wildman–Crippen LogP) is 2.72. The fraction of sp³-hybridized carbons (Fsp3) is 0.0667. The van der Waals surface area contributed by atoms with Gasteiger partial charge in [-0.15, -0.1) is 0 Å². The molecule has 21 heavy (non-hydrogen) atoms. The standard InChI is InChI=1S/C15H14BrN3O2/c16-12-5-7-13(8-6-12)18-14(20)9-10-1-3-11(4-2-10)15(17)19-21/h1-8,21H,9H2,(H2,17,19)(H,18,20). The van der Waals surface area contributed by atoms with Crippen molar-refractivity contribution in [2.24, 2.45) is 10.9 Å². The van der Waals surface area contributed by atoms with E-state index in [1.807, 2.05) is 24.3 Å².